The lowest BCUT2D eigenvalue weighted by molar-refractivity contribution is 0.640. The van der Waals surface area contributed by atoms with Crippen molar-refractivity contribution in [1.29, 1.82) is 0 Å². The number of rotatable bonds is 4. The SMILES string of the molecule is Cc1cccc(SCC(N)c2cnnn2C)c1. The van der Waals surface area contributed by atoms with Crippen molar-refractivity contribution in [3.8, 4) is 0 Å². The van der Waals surface area contributed by atoms with Gasteiger partial charge in [-0.15, -0.1) is 16.9 Å². The summed E-state index contributed by atoms with van der Waals surface area (Å²) in [5, 5.41) is 7.72. The summed E-state index contributed by atoms with van der Waals surface area (Å²) >= 11 is 1.76. The van der Waals surface area contributed by atoms with Crippen molar-refractivity contribution in [2.24, 2.45) is 12.8 Å². The molecule has 0 saturated heterocycles. The third-order valence-electron chi connectivity index (χ3n) is 2.55. The van der Waals surface area contributed by atoms with E-state index in [-0.39, 0.29) is 6.04 Å². The van der Waals surface area contributed by atoms with Gasteiger partial charge in [0.25, 0.3) is 0 Å². The number of aryl methyl sites for hydroxylation is 2. The molecule has 2 N–H and O–H groups in total. The highest BCUT2D eigenvalue weighted by molar-refractivity contribution is 7.99. The van der Waals surface area contributed by atoms with E-state index in [9.17, 15) is 0 Å². The largest absolute Gasteiger partial charge is 0.322 e. The zero-order valence-corrected chi connectivity index (χ0v) is 10.8. The van der Waals surface area contributed by atoms with E-state index in [1.54, 1.807) is 22.6 Å². The van der Waals surface area contributed by atoms with E-state index in [1.807, 2.05) is 7.05 Å². The highest BCUT2D eigenvalue weighted by Crippen LogP contribution is 2.23. The number of nitrogens with two attached hydrogens (primary N) is 1. The maximum absolute atomic E-state index is 6.10. The fraction of sp³-hybridized carbons (Fsp3) is 0.333. The molecule has 90 valence electrons. The zero-order valence-electron chi connectivity index (χ0n) is 10.00. The van der Waals surface area contributed by atoms with E-state index in [0.29, 0.717) is 0 Å². The van der Waals surface area contributed by atoms with Crippen LogP contribution in [0.5, 0.6) is 0 Å². The molecule has 5 heteroatoms. The number of aromatic nitrogens is 3. The van der Waals surface area contributed by atoms with Crippen LogP contribution in [0.4, 0.5) is 0 Å². The molecule has 1 heterocycles. The van der Waals surface area contributed by atoms with Crippen molar-refractivity contribution in [2.75, 3.05) is 5.75 Å². The van der Waals surface area contributed by atoms with Gasteiger partial charge < -0.3 is 5.73 Å². The van der Waals surface area contributed by atoms with Gasteiger partial charge in [0.1, 0.15) is 0 Å². The molecule has 4 nitrogen and oxygen atoms in total. The predicted molar refractivity (Wildman–Crippen MR) is 69.8 cm³/mol. The van der Waals surface area contributed by atoms with Gasteiger partial charge >= 0.3 is 0 Å². The molecule has 1 unspecified atom stereocenters. The second-order valence-electron chi connectivity index (χ2n) is 4.02. The Hall–Kier alpha value is -1.33. The minimum absolute atomic E-state index is 0.0412. The average molecular weight is 248 g/mol. The van der Waals surface area contributed by atoms with Gasteiger partial charge in [0.15, 0.2) is 0 Å². The summed E-state index contributed by atoms with van der Waals surface area (Å²) in [6.45, 7) is 2.09. The average Bonchev–Trinajstić information content (AvgIpc) is 2.72. The van der Waals surface area contributed by atoms with Crippen molar-refractivity contribution in [3.63, 3.8) is 0 Å². The Balaban J connectivity index is 1.97. The van der Waals surface area contributed by atoms with Gasteiger partial charge in [-0.25, -0.2) is 0 Å². The van der Waals surface area contributed by atoms with Gasteiger partial charge in [-0.05, 0) is 19.1 Å². The zero-order chi connectivity index (χ0) is 12.3. The Bertz CT molecular complexity index is 495. The van der Waals surface area contributed by atoms with Gasteiger partial charge in [-0.2, -0.15) is 0 Å². The van der Waals surface area contributed by atoms with E-state index < -0.39 is 0 Å². The van der Waals surface area contributed by atoms with E-state index in [4.69, 9.17) is 5.73 Å². The van der Waals surface area contributed by atoms with Crippen LogP contribution in [0.1, 0.15) is 17.3 Å². The molecule has 1 aromatic heterocycles. The lowest BCUT2D eigenvalue weighted by Crippen LogP contribution is -2.16. The number of thioether (sulfide) groups is 1. The van der Waals surface area contributed by atoms with Crippen LogP contribution in [0.2, 0.25) is 0 Å². The van der Waals surface area contributed by atoms with Crippen LogP contribution in [0, 0.1) is 6.92 Å². The number of benzene rings is 1. The minimum atomic E-state index is -0.0412. The van der Waals surface area contributed by atoms with Crippen molar-refractivity contribution in [2.45, 2.75) is 17.9 Å². The summed E-state index contributed by atoms with van der Waals surface area (Å²) in [6.07, 6.45) is 1.72. The third kappa shape index (κ3) is 3.08. The van der Waals surface area contributed by atoms with Crippen LogP contribution in [-0.4, -0.2) is 20.7 Å². The van der Waals surface area contributed by atoms with Crippen LogP contribution in [0.3, 0.4) is 0 Å². The topological polar surface area (TPSA) is 56.7 Å². The molecule has 0 spiro atoms. The molecule has 0 bridgehead atoms. The Morgan fingerprint density at radius 2 is 2.29 bits per heavy atom. The predicted octanol–water partition coefficient (Wildman–Crippen LogP) is 1.92. The highest BCUT2D eigenvalue weighted by atomic mass is 32.2. The molecule has 0 aliphatic heterocycles. The minimum Gasteiger partial charge on any atom is -0.322 e. The Morgan fingerprint density at radius 3 is 2.94 bits per heavy atom. The summed E-state index contributed by atoms with van der Waals surface area (Å²) < 4.78 is 1.72. The first-order valence-corrected chi connectivity index (χ1v) is 6.45. The summed E-state index contributed by atoms with van der Waals surface area (Å²) in [5.41, 5.74) is 8.34. The fourth-order valence-corrected chi connectivity index (χ4v) is 2.60. The maximum Gasteiger partial charge on any atom is 0.0759 e. The third-order valence-corrected chi connectivity index (χ3v) is 3.66. The van der Waals surface area contributed by atoms with Gasteiger partial charge in [0.2, 0.25) is 0 Å². The molecule has 0 aliphatic carbocycles. The molecular formula is C12H16N4S. The number of hydrogen-bond donors (Lipinski definition) is 1. The lowest BCUT2D eigenvalue weighted by Gasteiger charge is -2.10. The molecule has 0 amide bonds. The number of nitrogens with zero attached hydrogens (tertiary/aromatic N) is 3. The van der Waals surface area contributed by atoms with E-state index >= 15 is 0 Å². The van der Waals surface area contributed by atoms with Gasteiger partial charge in [-0.1, -0.05) is 22.9 Å². The molecular weight excluding hydrogens is 232 g/mol. The lowest BCUT2D eigenvalue weighted by atomic mass is 10.2. The van der Waals surface area contributed by atoms with Gasteiger partial charge in [-0.3, -0.25) is 4.68 Å². The second-order valence-corrected chi connectivity index (χ2v) is 5.11. The Morgan fingerprint density at radius 1 is 1.47 bits per heavy atom. The molecule has 17 heavy (non-hydrogen) atoms. The molecule has 0 fully saturated rings. The molecule has 1 aromatic carbocycles. The molecule has 1 atom stereocenters. The van der Waals surface area contributed by atoms with Crippen molar-refractivity contribution < 1.29 is 0 Å². The summed E-state index contributed by atoms with van der Waals surface area (Å²) in [5.74, 6) is 0.824. The monoisotopic (exact) mass is 248 g/mol. The Labute approximate surface area is 105 Å². The van der Waals surface area contributed by atoms with E-state index in [0.717, 1.165) is 11.4 Å². The molecule has 2 rings (SSSR count). The fourth-order valence-electron chi connectivity index (χ4n) is 1.61. The van der Waals surface area contributed by atoms with Crippen LogP contribution < -0.4 is 5.73 Å². The molecule has 0 saturated carbocycles. The quantitative estimate of drug-likeness (QED) is 0.840. The van der Waals surface area contributed by atoms with Crippen molar-refractivity contribution in [1.82, 2.24) is 15.0 Å². The molecule has 0 aliphatic rings. The van der Waals surface area contributed by atoms with Gasteiger partial charge in [0, 0.05) is 17.7 Å². The standard InChI is InChI=1S/C12H16N4S/c1-9-4-3-5-10(6-9)17-8-11(13)12-7-14-15-16(12)2/h3-7,11H,8,13H2,1-2H3. The highest BCUT2D eigenvalue weighted by Gasteiger charge is 2.11. The first kappa shape index (κ1) is 12.1. The first-order chi connectivity index (χ1) is 8.16. The normalized spacial score (nSPS) is 12.6. The van der Waals surface area contributed by atoms with Crippen LogP contribution in [0.15, 0.2) is 35.4 Å². The van der Waals surface area contributed by atoms with Crippen LogP contribution in [-0.2, 0) is 7.05 Å². The maximum atomic E-state index is 6.10. The first-order valence-electron chi connectivity index (χ1n) is 5.46. The summed E-state index contributed by atoms with van der Waals surface area (Å²) in [6, 6.07) is 8.38. The van der Waals surface area contributed by atoms with Gasteiger partial charge in [0.05, 0.1) is 17.9 Å². The smallest absolute Gasteiger partial charge is 0.0759 e. The van der Waals surface area contributed by atoms with Crippen molar-refractivity contribution in [3.05, 3.63) is 41.7 Å². The molecule has 2 aromatic rings. The molecule has 0 radical (unpaired) electrons. The van der Waals surface area contributed by atoms with E-state index in [1.165, 1.54) is 10.5 Å². The second kappa shape index (κ2) is 5.33. The van der Waals surface area contributed by atoms with Crippen molar-refractivity contribution >= 4 is 11.8 Å². The number of hydrogen-bond acceptors (Lipinski definition) is 4. The Kier molecular flexibility index (Phi) is 3.81. The van der Waals surface area contributed by atoms with Crippen LogP contribution in [0.25, 0.3) is 0 Å². The van der Waals surface area contributed by atoms with E-state index in [2.05, 4.69) is 41.5 Å². The summed E-state index contributed by atoms with van der Waals surface area (Å²) in [7, 11) is 1.86. The summed E-state index contributed by atoms with van der Waals surface area (Å²) in [4.78, 5) is 1.25. The van der Waals surface area contributed by atoms with Crippen LogP contribution >= 0.6 is 11.8 Å².